The molecular weight excluding hydrogens is 378 g/mol. The van der Waals surface area contributed by atoms with Crippen molar-refractivity contribution in [1.29, 1.82) is 0 Å². The lowest BCUT2D eigenvalue weighted by atomic mass is 9.88. The molecule has 2 saturated carbocycles. The summed E-state index contributed by atoms with van der Waals surface area (Å²) < 4.78 is 28.1. The number of anilines is 1. The summed E-state index contributed by atoms with van der Waals surface area (Å²) >= 11 is 0. The van der Waals surface area contributed by atoms with Gasteiger partial charge in [-0.3, -0.25) is 9.78 Å². The number of hydrogen-bond acceptors (Lipinski definition) is 5. The van der Waals surface area contributed by atoms with E-state index < -0.39 is 22.0 Å². The van der Waals surface area contributed by atoms with Crippen LogP contribution in [-0.4, -0.2) is 47.4 Å². The molecule has 146 valence electrons. The molecule has 5 unspecified atom stereocenters. The number of nitrogens with zero attached hydrogens (tertiary/aromatic N) is 2. The molecule has 1 aliphatic heterocycles. The van der Waals surface area contributed by atoms with Crippen LogP contribution in [0.5, 0.6) is 0 Å². The van der Waals surface area contributed by atoms with E-state index in [2.05, 4.69) is 10.3 Å². The van der Waals surface area contributed by atoms with Crippen molar-refractivity contribution in [1.82, 2.24) is 9.29 Å². The lowest BCUT2D eigenvalue weighted by Crippen LogP contribution is -2.43. The van der Waals surface area contributed by atoms with Crippen LogP contribution in [0.1, 0.15) is 23.3 Å². The standard InChI is InChI=1S/C20H21N3O4S/c24-19-12-8-13-11-23(18(19)16(13)9-12)28(26,27)15-5-3-4-14(10-15)22-20(25)17-6-1-2-7-21-17/h1-7,10,12-13,16,18-19,24H,8-9,11H2,(H,22,25). The molecule has 2 aliphatic carbocycles. The van der Waals surface area contributed by atoms with Crippen molar-refractivity contribution in [2.24, 2.45) is 17.8 Å². The van der Waals surface area contributed by atoms with E-state index in [9.17, 15) is 18.3 Å². The summed E-state index contributed by atoms with van der Waals surface area (Å²) in [4.78, 5) is 16.4. The molecule has 1 saturated heterocycles. The highest BCUT2D eigenvalue weighted by Gasteiger charge is 2.61. The maximum absolute atomic E-state index is 13.3. The zero-order chi connectivity index (χ0) is 19.5. The van der Waals surface area contributed by atoms with Crippen LogP contribution in [0.25, 0.3) is 0 Å². The fraction of sp³-hybridized carbons (Fsp3) is 0.400. The molecule has 1 aromatic carbocycles. The first-order chi connectivity index (χ1) is 13.4. The number of aliphatic hydroxyl groups excluding tert-OH is 1. The highest BCUT2D eigenvalue weighted by molar-refractivity contribution is 7.89. The van der Waals surface area contributed by atoms with Crippen LogP contribution < -0.4 is 5.32 Å². The third-order valence-corrected chi connectivity index (χ3v) is 8.26. The van der Waals surface area contributed by atoms with Gasteiger partial charge in [-0.15, -0.1) is 0 Å². The van der Waals surface area contributed by atoms with E-state index in [1.54, 1.807) is 30.3 Å². The van der Waals surface area contributed by atoms with Crippen molar-refractivity contribution in [2.75, 3.05) is 11.9 Å². The molecule has 2 heterocycles. The zero-order valence-corrected chi connectivity index (χ0v) is 15.9. The van der Waals surface area contributed by atoms with E-state index in [4.69, 9.17) is 0 Å². The summed E-state index contributed by atoms with van der Waals surface area (Å²) in [6.07, 6.45) is 2.78. The van der Waals surface area contributed by atoms with Crippen LogP contribution in [0.4, 0.5) is 5.69 Å². The number of carbonyl (C=O) groups is 1. The topological polar surface area (TPSA) is 99.6 Å². The van der Waals surface area contributed by atoms with Gasteiger partial charge in [-0.05, 0) is 60.9 Å². The normalized spacial score (nSPS) is 31.2. The molecule has 28 heavy (non-hydrogen) atoms. The molecule has 1 amide bonds. The molecule has 5 atom stereocenters. The second-order valence-corrected chi connectivity index (χ2v) is 9.80. The first-order valence-corrected chi connectivity index (χ1v) is 10.9. The van der Waals surface area contributed by atoms with Gasteiger partial charge in [-0.2, -0.15) is 4.31 Å². The van der Waals surface area contributed by atoms with Gasteiger partial charge in [-0.25, -0.2) is 8.42 Å². The van der Waals surface area contributed by atoms with Gasteiger partial charge in [0.2, 0.25) is 10.0 Å². The average molecular weight is 399 g/mol. The second kappa shape index (κ2) is 6.37. The number of nitrogens with one attached hydrogen (secondary N) is 1. The van der Waals surface area contributed by atoms with Crippen LogP contribution in [0.2, 0.25) is 0 Å². The minimum atomic E-state index is -3.75. The molecule has 2 bridgehead atoms. The van der Waals surface area contributed by atoms with Gasteiger partial charge < -0.3 is 10.4 Å². The van der Waals surface area contributed by atoms with Gasteiger partial charge in [0.25, 0.3) is 5.91 Å². The Bertz CT molecular complexity index is 1020. The third kappa shape index (κ3) is 2.67. The number of aliphatic hydroxyl groups is 1. The number of amides is 1. The molecule has 1 aromatic heterocycles. The van der Waals surface area contributed by atoms with Crippen molar-refractivity contribution < 1.29 is 18.3 Å². The Morgan fingerprint density at radius 3 is 2.75 bits per heavy atom. The number of benzene rings is 1. The minimum absolute atomic E-state index is 0.128. The van der Waals surface area contributed by atoms with E-state index in [0.29, 0.717) is 18.2 Å². The van der Waals surface area contributed by atoms with Gasteiger partial charge in [0.15, 0.2) is 0 Å². The predicted octanol–water partition coefficient (Wildman–Crippen LogP) is 1.72. The van der Waals surface area contributed by atoms with E-state index in [1.165, 1.54) is 22.6 Å². The fourth-order valence-corrected chi connectivity index (χ4v) is 6.98. The zero-order valence-electron chi connectivity index (χ0n) is 15.1. The Kier molecular flexibility index (Phi) is 4.04. The lowest BCUT2D eigenvalue weighted by molar-refractivity contribution is 0.0731. The van der Waals surface area contributed by atoms with E-state index in [0.717, 1.165) is 12.8 Å². The van der Waals surface area contributed by atoms with Gasteiger partial charge in [0.05, 0.1) is 17.0 Å². The maximum atomic E-state index is 13.3. The summed E-state index contributed by atoms with van der Waals surface area (Å²) in [5.41, 5.74) is 0.649. The van der Waals surface area contributed by atoms with Gasteiger partial charge in [0.1, 0.15) is 5.69 Å². The van der Waals surface area contributed by atoms with E-state index in [1.807, 2.05) is 0 Å². The largest absolute Gasteiger partial charge is 0.391 e. The lowest BCUT2D eigenvalue weighted by Gasteiger charge is -2.28. The summed E-state index contributed by atoms with van der Waals surface area (Å²) in [5.74, 6) is 0.439. The molecule has 0 spiro atoms. The number of carbonyl (C=O) groups excluding carboxylic acids is 1. The van der Waals surface area contributed by atoms with Crippen molar-refractivity contribution in [3.8, 4) is 0 Å². The third-order valence-electron chi connectivity index (χ3n) is 6.40. The summed E-state index contributed by atoms with van der Waals surface area (Å²) in [7, 11) is -3.75. The maximum Gasteiger partial charge on any atom is 0.274 e. The van der Waals surface area contributed by atoms with Crippen LogP contribution in [-0.2, 0) is 10.0 Å². The Morgan fingerprint density at radius 2 is 2.00 bits per heavy atom. The van der Waals surface area contributed by atoms with Crippen molar-refractivity contribution in [3.05, 3.63) is 54.4 Å². The Labute approximate surface area is 163 Å². The Balaban J connectivity index is 1.41. The monoisotopic (exact) mass is 399 g/mol. The van der Waals surface area contributed by atoms with E-state index in [-0.39, 0.29) is 28.5 Å². The Hall–Kier alpha value is -2.29. The van der Waals surface area contributed by atoms with Crippen LogP contribution >= 0.6 is 0 Å². The average Bonchev–Trinajstić information content (AvgIpc) is 3.32. The molecule has 7 nitrogen and oxygen atoms in total. The molecule has 2 N–H and O–H groups in total. The molecule has 0 radical (unpaired) electrons. The number of aromatic nitrogens is 1. The van der Waals surface area contributed by atoms with Crippen molar-refractivity contribution in [2.45, 2.75) is 29.9 Å². The number of rotatable bonds is 4. The molecule has 2 aromatic rings. The number of sulfonamides is 1. The summed E-state index contributed by atoms with van der Waals surface area (Å²) in [6, 6.07) is 11.0. The molecule has 5 rings (SSSR count). The highest BCUT2D eigenvalue weighted by Crippen LogP contribution is 2.56. The predicted molar refractivity (Wildman–Crippen MR) is 102 cm³/mol. The Morgan fingerprint density at radius 1 is 1.14 bits per heavy atom. The first-order valence-electron chi connectivity index (χ1n) is 9.47. The smallest absolute Gasteiger partial charge is 0.274 e. The molecule has 3 aliphatic rings. The van der Waals surface area contributed by atoms with Crippen molar-refractivity contribution in [3.63, 3.8) is 0 Å². The molecule has 8 heteroatoms. The first kappa shape index (κ1) is 17.8. The van der Waals surface area contributed by atoms with Gasteiger partial charge in [-0.1, -0.05) is 12.1 Å². The number of fused-ring (bicyclic) bond motifs is 1. The van der Waals surface area contributed by atoms with Crippen LogP contribution in [0.15, 0.2) is 53.6 Å². The molecule has 3 fully saturated rings. The quantitative estimate of drug-likeness (QED) is 0.816. The summed E-state index contributed by atoms with van der Waals surface area (Å²) in [5, 5.41) is 13.2. The number of pyridine rings is 1. The van der Waals surface area contributed by atoms with Crippen LogP contribution in [0, 0.1) is 17.8 Å². The van der Waals surface area contributed by atoms with E-state index >= 15 is 0 Å². The van der Waals surface area contributed by atoms with Gasteiger partial charge >= 0.3 is 0 Å². The van der Waals surface area contributed by atoms with Crippen LogP contribution in [0.3, 0.4) is 0 Å². The highest BCUT2D eigenvalue weighted by atomic mass is 32.2. The second-order valence-electron chi connectivity index (χ2n) is 7.91. The number of hydrogen-bond donors (Lipinski definition) is 2. The van der Waals surface area contributed by atoms with Crippen molar-refractivity contribution >= 4 is 21.6 Å². The fourth-order valence-electron chi connectivity index (χ4n) is 5.20. The van der Waals surface area contributed by atoms with Gasteiger partial charge in [0, 0.05) is 18.4 Å². The minimum Gasteiger partial charge on any atom is -0.391 e. The summed E-state index contributed by atoms with van der Waals surface area (Å²) in [6.45, 7) is 0.468. The molecular formula is C20H21N3O4S. The SMILES string of the molecule is O=C(Nc1cccc(S(=O)(=O)N2CC3CC4CC3C2C4O)c1)c1ccccn1.